The van der Waals surface area contributed by atoms with Gasteiger partial charge in [0.2, 0.25) is 5.91 Å². The zero-order valence-corrected chi connectivity index (χ0v) is 18.5. The lowest BCUT2D eigenvalue weighted by atomic mass is 10.2. The molecule has 2 amide bonds. The van der Waals surface area contributed by atoms with E-state index in [1.807, 2.05) is 54.6 Å². The molecule has 1 saturated heterocycles. The monoisotopic (exact) mass is 483 g/mol. The number of amides is 2. The molecule has 1 unspecified atom stereocenters. The normalized spacial score (nSPS) is 15.7. The molecule has 2 aromatic carbocycles. The van der Waals surface area contributed by atoms with Gasteiger partial charge in [-0.25, -0.2) is 9.78 Å². The predicted octanol–water partition coefficient (Wildman–Crippen LogP) is 3.54. The molecular weight excluding hydrogens is 462 g/mol. The topological polar surface area (TPSA) is 90.6 Å². The number of nitrogens with zero attached hydrogens (tertiary/aromatic N) is 3. The number of aromatic nitrogens is 2. The van der Waals surface area contributed by atoms with E-state index in [1.54, 1.807) is 11.1 Å². The van der Waals surface area contributed by atoms with Gasteiger partial charge in [0.25, 0.3) is 0 Å². The fraction of sp³-hybridized carbons (Fsp3) is 0.227. The van der Waals surface area contributed by atoms with Crippen LogP contribution in [0.3, 0.4) is 0 Å². The highest BCUT2D eigenvalue weighted by Gasteiger charge is 2.36. The van der Waals surface area contributed by atoms with Crippen LogP contribution in [0, 0.1) is 0 Å². The Balaban J connectivity index is 1.58. The van der Waals surface area contributed by atoms with Crippen molar-refractivity contribution in [2.45, 2.75) is 6.04 Å². The smallest absolute Gasteiger partial charge is 0.407 e. The second-order valence-corrected chi connectivity index (χ2v) is 8.03. The van der Waals surface area contributed by atoms with Crippen LogP contribution in [0.15, 0.2) is 65.3 Å². The van der Waals surface area contributed by atoms with Crippen molar-refractivity contribution in [2.24, 2.45) is 0 Å². The SMILES string of the molecule is COC(=O)NCC(=O)N1CN(c2ccccc2)CC1c1ncc(-c2ccc(Br)cc2)[nH]1. The van der Waals surface area contributed by atoms with E-state index >= 15 is 0 Å². The maximum atomic E-state index is 12.9. The molecule has 160 valence electrons. The predicted molar refractivity (Wildman–Crippen MR) is 120 cm³/mol. The first-order chi connectivity index (χ1) is 15.0. The number of halogens is 1. The summed E-state index contributed by atoms with van der Waals surface area (Å²) in [6, 6.07) is 17.5. The van der Waals surface area contributed by atoms with E-state index in [2.05, 4.69) is 40.9 Å². The summed E-state index contributed by atoms with van der Waals surface area (Å²) in [5.74, 6) is 0.484. The van der Waals surface area contributed by atoms with Crippen LogP contribution in [0.4, 0.5) is 10.5 Å². The molecule has 1 aliphatic rings. The number of alkyl carbamates (subject to hydrolysis) is 1. The van der Waals surface area contributed by atoms with Crippen LogP contribution in [0.5, 0.6) is 0 Å². The third kappa shape index (κ3) is 4.72. The number of carbonyl (C=O) groups is 2. The van der Waals surface area contributed by atoms with Crippen molar-refractivity contribution in [3.8, 4) is 11.3 Å². The first-order valence-corrected chi connectivity index (χ1v) is 10.6. The second kappa shape index (κ2) is 9.22. The van der Waals surface area contributed by atoms with E-state index in [-0.39, 0.29) is 18.5 Å². The minimum atomic E-state index is -0.639. The number of anilines is 1. The first-order valence-electron chi connectivity index (χ1n) is 9.77. The minimum Gasteiger partial charge on any atom is -0.453 e. The number of hydrogen-bond donors (Lipinski definition) is 2. The van der Waals surface area contributed by atoms with Crippen molar-refractivity contribution in [1.29, 1.82) is 0 Å². The van der Waals surface area contributed by atoms with Gasteiger partial charge in [-0.15, -0.1) is 0 Å². The number of hydrogen-bond acceptors (Lipinski definition) is 5. The quantitative estimate of drug-likeness (QED) is 0.578. The Morgan fingerprint density at radius 1 is 1.19 bits per heavy atom. The Morgan fingerprint density at radius 3 is 2.65 bits per heavy atom. The molecule has 0 spiro atoms. The summed E-state index contributed by atoms with van der Waals surface area (Å²) in [5, 5.41) is 2.47. The van der Waals surface area contributed by atoms with Crippen LogP contribution in [0.25, 0.3) is 11.3 Å². The number of ether oxygens (including phenoxy) is 1. The third-order valence-corrected chi connectivity index (χ3v) is 5.70. The first kappa shape index (κ1) is 20.9. The zero-order valence-electron chi connectivity index (χ0n) is 16.9. The fourth-order valence-corrected chi connectivity index (χ4v) is 3.83. The summed E-state index contributed by atoms with van der Waals surface area (Å²) in [6.45, 7) is 0.831. The summed E-state index contributed by atoms with van der Waals surface area (Å²) in [6.07, 6.45) is 1.14. The summed E-state index contributed by atoms with van der Waals surface area (Å²) < 4.78 is 5.57. The minimum absolute atomic E-state index is 0.147. The lowest BCUT2D eigenvalue weighted by Gasteiger charge is -2.22. The zero-order chi connectivity index (χ0) is 21.8. The molecule has 1 atom stereocenters. The van der Waals surface area contributed by atoms with Gasteiger partial charge in [0.05, 0.1) is 25.7 Å². The highest BCUT2D eigenvalue weighted by atomic mass is 79.9. The summed E-state index contributed by atoms with van der Waals surface area (Å²) in [5.41, 5.74) is 2.90. The number of methoxy groups -OCH3 is 1. The number of H-pyrrole nitrogens is 1. The maximum absolute atomic E-state index is 12.9. The molecule has 0 aliphatic carbocycles. The average Bonchev–Trinajstić information content (AvgIpc) is 3.46. The largest absolute Gasteiger partial charge is 0.453 e. The molecule has 0 bridgehead atoms. The Morgan fingerprint density at radius 2 is 1.94 bits per heavy atom. The van der Waals surface area contributed by atoms with Crippen molar-refractivity contribution < 1.29 is 14.3 Å². The number of carbonyl (C=O) groups excluding carboxylic acids is 2. The maximum Gasteiger partial charge on any atom is 0.407 e. The van der Waals surface area contributed by atoms with Crippen molar-refractivity contribution >= 4 is 33.6 Å². The van der Waals surface area contributed by atoms with Crippen molar-refractivity contribution in [3.63, 3.8) is 0 Å². The number of nitrogens with one attached hydrogen (secondary N) is 2. The molecule has 0 radical (unpaired) electrons. The van der Waals surface area contributed by atoms with Gasteiger partial charge in [-0.1, -0.05) is 46.3 Å². The molecular formula is C22H22BrN5O3. The molecule has 31 heavy (non-hydrogen) atoms. The van der Waals surface area contributed by atoms with Crippen molar-refractivity contribution in [1.82, 2.24) is 20.2 Å². The van der Waals surface area contributed by atoms with E-state index in [4.69, 9.17) is 0 Å². The van der Waals surface area contributed by atoms with Gasteiger partial charge in [0.15, 0.2) is 0 Å². The van der Waals surface area contributed by atoms with Crippen LogP contribution in [0.1, 0.15) is 11.9 Å². The van der Waals surface area contributed by atoms with E-state index in [0.29, 0.717) is 19.0 Å². The molecule has 2 heterocycles. The molecule has 1 aliphatic heterocycles. The van der Waals surface area contributed by atoms with Gasteiger partial charge in [-0.05, 0) is 29.8 Å². The van der Waals surface area contributed by atoms with Gasteiger partial charge < -0.3 is 24.8 Å². The third-order valence-electron chi connectivity index (χ3n) is 5.17. The number of rotatable bonds is 5. The van der Waals surface area contributed by atoms with E-state index in [1.165, 1.54) is 7.11 Å². The Hall–Kier alpha value is -3.33. The summed E-state index contributed by atoms with van der Waals surface area (Å²) in [4.78, 5) is 36.1. The number of aromatic amines is 1. The summed E-state index contributed by atoms with van der Waals surface area (Å²) >= 11 is 3.45. The molecule has 1 fully saturated rings. The number of para-hydroxylation sites is 1. The standard InChI is InChI=1S/C22H22BrN5O3/c1-31-22(30)25-12-20(29)28-14-27(17-5-3-2-4-6-17)13-19(28)21-24-11-18(26-21)15-7-9-16(23)10-8-15/h2-11,19H,12-14H2,1H3,(H,24,26)(H,25,30). The Labute approximate surface area is 188 Å². The molecule has 2 N–H and O–H groups in total. The van der Waals surface area contributed by atoms with Crippen LogP contribution in [-0.2, 0) is 9.53 Å². The second-order valence-electron chi connectivity index (χ2n) is 7.11. The molecule has 3 aromatic rings. The Kier molecular flexibility index (Phi) is 6.22. The molecule has 1 aromatic heterocycles. The van der Waals surface area contributed by atoms with Gasteiger partial charge in [0.1, 0.15) is 18.4 Å². The van der Waals surface area contributed by atoms with Gasteiger partial charge >= 0.3 is 6.09 Å². The summed E-state index contributed by atoms with van der Waals surface area (Å²) in [7, 11) is 1.27. The molecule has 9 heteroatoms. The average molecular weight is 484 g/mol. The van der Waals surface area contributed by atoms with Crippen LogP contribution in [0.2, 0.25) is 0 Å². The fourth-order valence-electron chi connectivity index (χ4n) is 3.56. The van der Waals surface area contributed by atoms with Crippen molar-refractivity contribution in [2.75, 3.05) is 31.8 Å². The van der Waals surface area contributed by atoms with Gasteiger partial charge in [-0.3, -0.25) is 4.79 Å². The van der Waals surface area contributed by atoms with Gasteiger partial charge in [0, 0.05) is 16.7 Å². The molecule has 8 nitrogen and oxygen atoms in total. The van der Waals surface area contributed by atoms with Crippen LogP contribution in [-0.4, -0.2) is 53.7 Å². The van der Waals surface area contributed by atoms with E-state index in [9.17, 15) is 9.59 Å². The van der Waals surface area contributed by atoms with Crippen LogP contribution >= 0.6 is 15.9 Å². The van der Waals surface area contributed by atoms with E-state index < -0.39 is 6.09 Å². The van der Waals surface area contributed by atoms with Crippen LogP contribution < -0.4 is 10.2 Å². The lowest BCUT2D eigenvalue weighted by Crippen LogP contribution is -2.41. The Bertz CT molecular complexity index is 1050. The van der Waals surface area contributed by atoms with E-state index in [0.717, 1.165) is 21.4 Å². The number of imidazole rings is 1. The van der Waals surface area contributed by atoms with Gasteiger partial charge in [-0.2, -0.15) is 0 Å². The highest BCUT2D eigenvalue weighted by molar-refractivity contribution is 9.10. The lowest BCUT2D eigenvalue weighted by molar-refractivity contribution is -0.131. The molecule has 4 rings (SSSR count). The van der Waals surface area contributed by atoms with Crippen molar-refractivity contribution in [3.05, 3.63) is 71.1 Å². The number of benzene rings is 2. The molecule has 0 saturated carbocycles. The highest BCUT2D eigenvalue weighted by Crippen LogP contribution is 2.31.